The number of thiocarbonyl (C=S) groups is 1. The van der Waals surface area contributed by atoms with Crippen molar-refractivity contribution >= 4 is 46.6 Å². The van der Waals surface area contributed by atoms with Crippen molar-refractivity contribution in [3.05, 3.63) is 78.0 Å². The lowest BCUT2D eigenvalue weighted by atomic mass is 10.1. The first kappa shape index (κ1) is 27.5. The van der Waals surface area contributed by atoms with Gasteiger partial charge in [0, 0.05) is 0 Å². The largest absolute Gasteiger partial charge is 0.495 e. The lowest BCUT2D eigenvalue weighted by Crippen LogP contribution is -2.30. The highest BCUT2D eigenvalue weighted by Gasteiger charge is 2.33. The maximum absolute atomic E-state index is 13.3. The van der Waals surface area contributed by atoms with Crippen LogP contribution in [0.5, 0.6) is 23.0 Å². The second-order valence-corrected chi connectivity index (χ2v) is 8.59. The molecule has 1 aliphatic heterocycles. The third-order valence-electron chi connectivity index (χ3n) is 5.60. The highest BCUT2D eigenvalue weighted by molar-refractivity contribution is 7.80. The summed E-state index contributed by atoms with van der Waals surface area (Å²) in [6.45, 7) is 4.32. The summed E-state index contributed by atoms with van der Waals surface area (Å²) in [7, 11) is 1.53. The Morgan fingerprint density at radius 2 is 1.62 bits per heavy atom. The SMILES string of the molecule is CCOc1cc(/C=C2/NC(=S)N(c3ccccc3OCC)C2=O)ccc1OCC(=O)Nc1ccccc1OC. The number of amides is 2. The Labute approximate surface area is 232 Å². The Balaban J connectivity index is 1.49. The number of hydrogen-bond donors (Lipinski definition) is 2. The normalized spacial score (nSPS) is 13.7. The van der Waals surface area contributed by atoms with E-state index < -0.39 is 0 Å². The molecular formula is C29H29N3O6S. The Kier molecular flexibility index (Phi) is 9.01. The van der Waals surface area contributed by atoms with Crippen LogP contribution in [0.4, 0.5) is 11.4 Å². The molecule has 1 heterocycles. The van der Waals surface area contributed by atoms with Crippen LogP contribution in [0.25, 0.3) is 6.08 Å². The molecule has 1 saturated heterocycles. The molecule has 1 fully saturated rings. The topological polar surface area (TPSA) is 98.4 Å². The zero-order chi connectivity index (χ0) is 27.8. The maximum atomic E-state index is 13.3. The minimum atomic E-state index is -0.352. The highest BCUT2D eigenvalue weighted by Crippen LogP contribution is 2.33. The van der Waals surface area contributed by atoms with E-state index in [0.29, 0.717) is 58.8 Å². The van der Waals surface area contributed by atoms with Crippen LogP contribution in [0.3, 0.4) is 0 Å². The van der Waals surface area contributed by atoms with E-state index in [1.54, 1.807) is 54.6 Å². The Morgan fingerprint density at radius 1 is 0.923 bits per heavy atom. The van der Waals surface area contributed by atoms with E-state index in [0.717, 1.165) is 0 Å². The predicted octanol–water partition coefficient (Wildman–Crippen LogP) is 4.77. The van der Waals surface area contributed by atoms with Crippen molar-refractivity contribution in [1.29, 1.82) is 0 Å². The average Bonchev–Trinajstić information content (AvgIpc) is 3.21. The number of rotatable bonds is 11. The second-order valence-electron chi connectivity index (χ2n) is 8.21. The Morgan fingerprint density at radius 3 is 2.36 bits per heavy atom. The van der Waals surface area contributed by atoms with Crippen molar-refractivity contribution in [2.24, 2.45) is 0 Å². The van der Waals surface area contributed by atoms with Crippen LogP contribution in [0.1, 0.15) is 19.4 Å². The van der Waals surface area contributed by atoms with Gasteiger partial charge in [-0.05, 0) is 74.1 Å². The molecule has 4 rings (SSSR count). The third kappa shape index (κ3) is 6.47. The van der Waals surface area contributed by atoms with Gasteiger partial charge in [-0.15, -0.1) is 0 Å². The molecule has 3 aromatic rings. The van der Waals surface area contributed by atoms with Crippen molar-refractivity contribution in [3.63, 3.8) is 0 Å². The molecular weight excluding hydrogens is 518 g/mol. The van der Waals surface area contributed by atoms with Crippen molar-refractivity contribution in [2.75, 3.05) is 37.1 Å². The summed E-state index contributed by atoms with van der Waals surface area (Å²) < 4.78 is 22.4. The zero-order valence-electron chi connectivity index (χ0n) is 21.9. The van der Waals surface area contributed by atoms with Crippen LogP contribution in [0, 0.1) is 0 Å². The van der Waals surface area contributed by atoms with Crippen molar-refractivity contribution in [1.82, 2.24) is 5.32 Å². The van der Waals surface area contributed by atoms with E-state index in [1.807, 2.05) is 32.0 Å². The summed E-state index contributed by atoms with van der Waals surface area (Å²) in [5, 5.41) is 6.01. The van der Waals surface area contributed by atoms with Gasteiger partial charge in [0.25, 0.3) is 11.8 Å². The lowest BCUT2D eigenvalue weighted by Gasteiger charge is -2.18. The summed E-state index contributed by atoms with van der Waals surface area (Å²) in [6.07, 6.45) is 1.68. The number of para-hydroxylation sites is 4. The Hall–Kier alpha value is -4.57. The molecule has 0 saturated carbocycles. The fraction of sp³-hybridized carbons (Fsp3) is 0.207. The van der Waals surface area contributed by atoms with Gasteiger partial charge in [-0.2, -0.15) is 0 Å². The monoisotopic (exact) mass is 547 g/mol. The van der Waals surface area contributed by atoms with E-state index in [9.17, 15) is 9.59 Å². The Bertz CT molecular complexity index is 1410. The quantitative estimate of drug-likeness (QED) is 0.262. The number of anilines is 2. The van der Waals surface area contributed by atoms with Gasteiger partial charge in [-0.1, -0.05) is 30.3 Å². The van der Waals surface area contributed by atoms with Crippen molar-refractivity contribution in [2.45, 2.75) is 13.8 Å². The van der Waals surface area contributed by atoms with Crippen LogP contribution in [0.15, 0.2) is 72.4 Å². The summed E-state index contributed by atoms with van der Waals surface area (Å²) in [5.74, 6) is 1.28. The summed E-state index contributed by atoms with van der Waals surface area (Å²) in [5.41, 5.74) is 2.10. The minimum Gasteiger partial charge on any atom is -0.495 e. The van der Waals surface area contributed by atoms with Crippen molar-refractivity contribution < 1.29 is 28.5 Å². The molecule has 0 radical (unpaired) electrons. The third-order valence-corrected chi connectivity index (χ3v) is 5.89. The van der Waals surface area contributed by atoms with E-state index in [2.05, 4.69) is 10.6 Å². The molecule has 202 valence electrons. The molecule has 1 aliphatic rings. The smallest absolute Gasteiger partial charge is 0.281 e. The molecule has 0 bridgehead atoms. The minimum absolute atomic E-state index is 0.235. The van der Waals surface area contributed by atoms with Gasteiger partial charge in [0.05, 0.1) is 31.7 Å². The van der Waals surface area contributed by atoms with Crippen LogP contribution in [-0.2, 0) is 9.59 Å². The number of carbonyl (C=O) groups excluding carboxylic acids is 2. The fourth-order valence-corrected chi connectivity index (χ4v) is 4.21. The first-order valence-corrected chi connectivity index (χ1v) is 12.8. The average molecular weight is 548 g/mol. The highest BCUT2D eigenvalue weighted by atomic mass is 32.1. The first-order chi connectivity index (χ1) is 18.9. The van der Waals surface area contributed by atoms with Gasteiger partial charge in [0.15, 0.2) is 23.2 Å². The molecule has 2 amide bonds. The number of nitrogens with one attached hydrogen (secondary N) is 2. The van der Waals surface area contributed by atoms with Gasteiger partial charge >= 0.3 is 0 Å². The summed E-state index contributed by atoms with van der Waals surface area (Å²) in [6, 6.07) is 19.5. The van der Waals surface area contributed by atoms with E-state index >= 15 is 0 Å². The van der Waals surface area contributed by atoms with Gasteiger partial charge in [0.1, 0.15) is 17.2 Å². The molecule has 0 aliphatic carbocycles. The molecule has 39 heavy (non-hydrogen) atoms. The molecule has 0 atom stereocenters. The molecule has 0 spiro atoms. The van der Waals surface area contributed by atoms with Crippen molar-refractivity contribution in [3.8, 4) is 23.0 Å². The number of ether oxygens (including phenoxy) is 4. The molecule has 3 aromatic carbocycles. The zero-order valence-corrected chi connectivity index (χ0v) is 22.7. The first-order valence-electron chi connectivity index (χ1n) is 12.4. The van der Waals surface area contributed by atoms with Gasteiger partial charge in [-0.25, -0.2) is 4.90 Å². The predicted molar refractivity (Wildman–Crippen MR) is 154 cm³/mol. The maximum Gasteiger partial charge on any atom is 0.281 e. The van der Waals surface area contributed by atoms with Crippen LogP contribution in [0.2, 0.25) is 0 Å². The van der Waals surface area contributed by atoms with E-state index in [4.69, 9.17) is 31.2 Å². The van der Waals surface area contributed by atoms with Gasteiger partial charge in [0.2, 0.25) is 0 Å². The molecule has 0 unspecified atom stereocenters. The number of carbonyl (C=O) groups is 2. The molecule has 2 N–H and O–H groups in total. The van der Waals surface area contributed by atoms with E-state index in [-0.39, 0.29) is 23.5 Å². The fourth-order valence-electron chi connectivity index (χ4n) is 3.92. The second kappa shape index (κ2) is 12.8. The molecule has 10 heteroatoms. The standard InChI is InChI=1S/C29H29N3O6S/c1-4-36-24-13-9-7-11-22(24)32-28(34)21(31-29(32)39)16-19-14-15-25(26(17-19)37-5-2)38-18-27(33)30-20-10-6-8-12-23(20)35-3/h6-17H,4-5,18H2,1-3H3,(H,30,33)(H,31,39)/b21-16+. The summed E-state index contributed by atoms with van der Waals surface area (Å²) >= 11 is 5.45. The summed E-state index contributed by atoms with van der Waals surface area (Å²) in [4.78, 5) is 27.2. The molecule has 0 aromatic heterocycles. The number of hydrogen-bond acceptors (Lipinski definition) is 7. The lowest BCUT2D eigenvalue weighted by molar-refractivity contribution is -0.118. The molecule has 9 nitrogen and oxygen atoms in total. The van der Waals surface area contributed by atoms with Crippen LogP contribution in [-0.4, -0.2) is 43.9 Å². The van der Waals surface area contributed by atoms with Gasteiger partial charge < -0.3 is 29.6 Å². The number of benzene rings is 3. The van der Waals surface area contributed by atoms with Crippen LogP contribution >= 0.6 is 12.2 Å². The van der Waals surface area contributed by atoms with Crippen LogP contribution < -0.4 is 34.5 Å². The number of nitrogens with zero attached hydrogens (tertiary/aromatic N) is 1. The number of methoxy groups -OCH3 is 1. The van der Waals surface area contributed by atoms with Gasteiger partial charge in [-0.3, -0.25) is 9.59 Å². The van der Waals surface area contributed by atoms with E-state index in [1.165, 1.54) is 12.0 Å².